The number of hydrogen-bond donors (Lipinski definition) is 2. The van der Waals surface area contributed by atoms with Crippen molar-refractivity contribution in [3.8, 4) is 0 Å². The van der Waals surface area contributed by atoms with Crippen LogP contribution in [0, 0.1) is 0 Å². The molecular weight excluding hydrogens is 352 g/mol. The van der Waals surface area contributed by atoms with Crippen LogP contribution in [0.25, 0.3) is 0 Å². The molecule has 0 radical (unpaired) electrons. The van der Waals surface area contributed by atoms with Crippen LogP contribution in [0.4, 0.5) is 0 Å². The zero-order chi connectivity index (χ0) is 18.4. The maximum absolute atomic E-state index is 12.6. The lowest BCUT2D eigenvalue weighted by Gasteiger charge is -2.27. The lowest BCUT2D eigenvalue weighted by molar-refractivity contribution is 0.0735. The van der Waals surface area contributed by atoms with E-state index in [1.165, 1.54) is 12.1 Å². The van der Waals surface area contributed by atoms with Crippen LogP contribution in [0.15, 0.2) is 53.7 Å². The van der Waals surface area contributed by atoms with Crippen molar-refractivity contribution in [1.82, 2.24) is 19.9 Å². The van der Waals surface area contributed by atoms with Crippen molar-refractivity contribution in [2.75, 3.05) is 32.7 Å². The lowest BCUT2D eigenvalue weighted by Crippen LogP contribution is -2.46. The van der Waals surface area contributed by atoms with Crippen LogP contribution in [0.1, 0.15) is 15.9 Å². The normalized spacial score (nSPS) is 15.0. The third-order valence-corrected chi connectivity index (χ3v) is 5.71. The number of nitrogens with one attached hydrogen (secondary N) is 2. The molecule has 0 unspecified atom stereocenters. The van der Waals surface area contributed by atoms with E-state index < -0.39 is 10.0 Å². The maximum atomic E-state index is 12.6. The predicted octanol–water partition coefficient (Wildman–Crippen LogP) is 0.648. The first kappa shape index (κ1) is 18.5. The first-order valence-electron chi connectivity index (χ1n) is 8.55. The molecule has 8 heteroatoms. The Morgan fingerprint density at radius 1 is 1.15 bits per heavy atom. The first-order valence-corrected chi connectivity index (χ1v) is 10.0. The van der Waals surface area contributed by atoms with Gasteiger partial charge < -0.3 is 10.2 Å². The SMILES string of the molecule is O=C(c1cccc(S(=O)(=O)NCCc2ccncc2)c1)N1CCNCC1. The van der Waals surface area contributed by atoms with Gasteiger partial charge in [-0.05, 0) is 42.3 Å². The van der Waals surface area contributed by atoms with E-state index in [2.05, 4.69) is 15.0 Å². The van der Waals surface area contributed by atoms with Gasteiger partial charge in [0.2, 0.25) is 10.0 Å². The van der Waals surface area contributed by atoms with E-state index in [-0.39, 0.29) is 17.3 Å². The highest BCUT2D eigenvalue weighted by Crippen LogP contribution is 2.14. The molecule has 0 spiro atoms. The number of benzene rings is 1. The van der Waals surface area contributed by atoms with Crippen molar-refractivity contribution < 1.29 is 13.2 Å². The van der Waals surface area contributed by atoms with Crippen LogP contribution in [0.5, 0.6) is 0 Å². The molecule has 2 N–H and O–H groups in total. The zero-order valence-corrected chi connectivity index (χ0v) is 15.2. The molecule has 2 aromatic rings. The first-order chi connectivity index (χ1) is 12.6. The summed E-state index contributed by atoms with van der Waals surface area (Å²) >= 11 is 0. The number of amides is 1. The highest BCUT2D eigenvalue weighted by atomic mass is 32.2. The Hall–Kier alpha value is -2.29. The summed E-state index contributed by atoms with van der Waals surface area (Å²) in [5, 5.41) is 3.19. The largest absolute Gasteiger partial charge is 0.336 e. The molecular formula is C18H22N4O3S. The smallest absolute Gasteiger partial charge is 0.253 e. The number of aromatic nitrogens is 1. The number of hydrogen-bond acceptors (Lipinski definition) is 5. The summed E-state index contributed by atoms with van der Waals surface area (Å²) in [6, 6.07) is 9.90. The van der Waals surface area contributed by atoms with Crippen LogP contribution >= 0.6 is 0 Å². The van der Waals surface area contributed by atoms with E-state index in [9.17, 15) is 13.2 Å². The Labute approximate surface area is 153 Å². The molecule has 0 atom stereocenters. The van der Waals surface area contributed by atoms with Crippen LogP contribution in [0.2, 0.25) is 0 Å². The van der Waals surface area contributed by atoms with Gasteiger partial charge >= 0.3 is 0 Å². The third-order valence-electron chi connectivity index (χ3n) is 4.25. The molecule has 26 heavy (non-hydrogen) atoms. The summed E-state index contributed by atoms with van der Waals surface area (Å²) in [6.07, 6.45) is 3.92. The molecule has 2 heterocycles. The van der Waals surface area contributed by atoms with Crippen LogP contribution < -0.4 is 10.0 Å². The topological polar surface area (TPSA) is 91.4 Å². The molecule has 0 aliphatic carbocycles. The monoisotopic (exact) mass is 374 g/mol. The summed E-state index contributed by atoms with van der Waals surface area (Å²) in [7, 11) is -3.67. The molecule has 1 aromatic heterocycles. The standard InChI is InChI=1S/C18H22N4O3S/c23-18(22-12-10-20-11-13-22)16-2-1-3-17(14-16)26(24,25)21-9-6-15-4-7-19-8-5-15/h1-5,7-8,14,20-21H,6,9-13H2. The van der Waals surface area contributed by atoms with Gasteiger partial charge in [-0.2, -0.15) is 0 Å². The summed E-state index contributed by atoms with van der Waals surface area (Å²) in [6.45, 7) is 3.03. The molecule has 1 aliphatic heterocycles. The van der Waals surface area contributed by atoms with Crippen molar-refractivity contribution in [1.29, 1.82) is 0 Å². The molecule has 1 amide bonds. The van der Waals surface area contributed by atoms with Gasteiger partial charge in [0.25, 0.3) is 5.91 Å². The van der Waals surface area contributed by atoms with E-state index in [0.717, 1.165) is 18.7 Å². The fourth-order valence-electron chi connectivity index (χ4n) is 2.81. The number of sulfonamides is 1. The minimum Gasteiger partial charge on any atom is -0.336 e. The van der Waals surface area contributed by atoms with E-state index >= 15 is 0 Å². The van der Waals surface area contributed by atoms with Gasteiger partial charge in [0.1, 0.15) is 0 Å². The second kappa shape index (κ2) is 8.39. The molecule has 0 bridgehead atoms. The van der Waals surface area contributed by atoms with Crippen LogP contribution in [-0.4, -0.2) is 56.9 Å². The summed E-state index contributed by atoms with van der Waals surface area (Å²) < 4.78 is 27.6. The quantitative estimate of drug-likeness (QED) is 0.775. The van der Waals surface area contributed by atoms with Crippen molar-refractivity contribution in [3.63, 3.8) is 0 Å². The number of pyridine rings is 1. The van der Waals surface area contributed by atoms with E-state index in [1.54, 1.807) is 29.4 Å². The van der Waals surface area contributed by atoms with Crippen molar-refractivity contribution in [2.24, 2.45) is 0 Å². The maximum Gasteiger partial charge on any atom is 0.253 e. The third kappa shape index (κ3) is 4.66. The number of piperazine rings is 1. The number of rotatable bonds is 6. The van der Waals surface area contributed by atoms with Gasteiger partial charge in [-0.25, -0.2) is 13.1 Å². The average molecular weight is 374 g/mol. The fourth-order valence-corrected chi connectivity index (χ4v) is 3.89. The van der Waals surface area contributed by atoms with Crippen molar-refractivity contribution in [2.45, 2.75) is 11.3 Å². The fraction of sp³-hybridized carbons (Fsp3) is 0.333. The molecule has 0 saturated carbocycles. The van der Waals surface area contributed by atoms with Gasteiger partial charge in [-0.3, -0.25) is 9.78 Å². The average Bonchev–Trinajstić information content (AvgIpc) is 2.69. The van der Waals surface area contributed by atoms with Crippen LogP contribution in [-0.2, 0) is 16.4 Å². The zero-order valence-electron chi connectivity index (χ0n) is 14.4. The number of carbonyl (C=O) groups excluding carboxylic acids is 1. The molecule has 1 fully saturated rings. The molecule has 7 nitrogen and oxygen atoms in total. The highest BCUT2D eigenvalue weighted by molar-refractivity contribution is 7.89. The predicted molar refractivity (Wildman–Crippen MR) is 98.3 cm³/mol. The van der Waals surface area contributed by atoms with E-state index in [4.69, 9.17) is 0 Å². The Bertz CT molecular complexity index is 850. The van der Waals surface area contributed by atoms with Crippen LogP contribution in [0.3, 0.4) is 0 Å². The second-order valence-electron chi connectivity index (χ2n) is 6.07. The molecule has 1 aromatic carbocycles. The molecule has 3 rings (SSSR count). The van der Waals surface area contributed by atoms with Crippen molar-refractivity contribution >= 4 is 15.9 Å². The molecule has 138 valence electrons. The summed E-state index contributed by atoms with van der Waals surface area (Å²) in [4.78, 5) is 18.3. The van der Waals surface area contributed by atoms with Gasteiger partial charge in [0.15, 0.2) is 0 Å². The number of carbonyl (C=O) groups is 1. The van der Waals surface area contributed by atoms with Gasteiger partial charge in [-0.1, -0.05) is 6.07 Å². The Morgan fingerprint density at radius 2 is 1.88 bits per heavy atom. The van der Waals surface area contributed by atoms with Crippen molar-refractivity contribution in [3.05, 3.63) is 59.9 Å². The van der Waals surface area contributed by atoms with Gasteiger partial charge in [-0.15, -0.1) is 0 Å². The molecule has 1 saturated heterocycles. The molecule has 1 aliphatic rings. The minimum atomic E-state index is -3.67. The summed E-state index contributed by atoms with van der Waals surface area (Å²) in [5.41, 5.74) is 1.40. The minimum absolute atomic E-state index is 0.105. The Kier molecular flexibility index (Phi) is 5.97. The summed E-state index contributed by atoms with van der Waals surface area (Å²) in [5.74, 6) is -0.139. The Balaban J connectivity index is 1.66. The van der Waals surface area contributed by atoms with Gasteiger partial charge in [0, 0.05) is 50.7 Å². The lowest BCUT2D eigenvalue weighted by atomic mass is 10.2. The highest BCUT2D eigenvalue weighted by Gasteiger charge is 2.20. The Morgan fingerprint density at radius 3 is 2.62 bits per heavy atom. The number of nitrogens with zero attached hydrogens (tertiary/aromatic N) is 2. The second-order valence-corrected chi connectivity index (χ2v) is 7.84. The van der Waals surface area contributed by atoms with Gasteiger partial charge in [0.05, 0.1) is 4.90 Å². The van der Waals surface area contributed by atoms with E-state index in [1.807, 2.05) is 12.1 Å². The van der Waals surface area contributed by atoms with E-state index in [0.29, 0.717) is 25.1 Å².